The van der Waals surface area contributed by atoms with Gasteiger partial charge in [0.25, 0.3) is 5.91 Å². The molecule has 1 saturated heterocycles. The van der Waals surface area contributed by atoms with E-state index < -0.39 is 6.04 Å². The molecule has 1 atom stereocenters. The summed E-state index contributed by atoms with van der Waals surface area (Å²) in [5.74, 6) is 0.437. The predicted octanol–water partition coefficient (Wildman–Crippen LogP) is 1.64. The molecule has 1 fully saturated rings. The third-order valence-electron chi connectivity index (χ3n) is 4.07. The van der Waals surface area contributed by atoms with Gasteiger partial charge in [0.2, 0.25) is 11.8 Å². The summed E-state index contributed by atoms with van der Waals surface area (Å²) in [6.07, 6.45) is 0.202. The van der Waals surface area contributed by atoms with Crippen LogP contribution < -0.4 is 5.32 Å². The second kappa shape index (κ2) is 7.96. The van der Waals surface area contributed by atoms with Gasteiger partial charge < -0.3 is 19.4 Å². The Morgan fingerprint density at radius 2 is 2.04 bits per heavy atom. The molecule has 0 unspecified atom stereocenters. The molecule has 0 aliphatic carbocycles. The van der Waals surface area contributed by atoms with Crippen LogP contribution in [0.4, 0.5) is 0 Å². The molecule has 3 rings (SSSR count). The highest BCUT2D eigenvalue weighted by Crippen LogP contribution is 2.19. The van der Waals surface area contributed by atoms with Crippen LogP contribution in [0.15, 0.2) is 9.80 Å². The van der Waals surface area contributed by atoms with Gasteiger partial charge in [0.05, 0.1) is 30.3 Å². The van der Waals surface area contributed by atoms with Crippen molar-refractivity contribution in [2.45, 2.75) is 33.2 Å². The van der Waals surface area contributed by atoms with E-state index >= 15 is 0 Å². The predicted molar refractivity (Wildman–Crippen MR) is 95.1 cm³/mol. The number of thiazole rings is 1. The monoisotopic (exact) mass is 378 g/mol. The summed E-state index contributed by atoms with van der Waals surface area (Å²) in [7, 11) is 0. The van der Waals surface area contributed by atoms with E-state index in [1.165, 1.54) is 11.3 Å². The maximum absolute atomic E-state index is 12.6. The first-order valence-electron chi connectivity index (χ1n) is 8.48. The number of nitrogens with one attached hydrogen (secondary N) is 1. The first kappa shape index (κ1) is 18.5. The van der Waals surface area contributed by atoms with Crippen molar-refractivity contribution in [2.24, 2.45) is 0 Å². The number of morpholine rings is 1. The van der Waals surface area contributed by atoms with Crippen LogP contribution in [0.1, 0.15) is 45.8 Å². The summed E-state index contributed by atoms with van der Waals surface area (Å²) < 4.78 is 10.9. The molecule has 8 nitrogen and oxygen atoms in total. The zero-order chi connectivity index (χ0) is 18.7. The normalized spacial score (nSPS) is 15.7. The van der Waals surface area contributed by atoms with Crippen molar-refractivity contribution < 1.29 is 18.7 Å². The van der Waals surface area contributed by atoms with Crippen molar-refractivity contribution in [3.05, 3.63) is 33.4 Å². The fourth-order valence-electron chi connectivity index (χ4n) is 2.72. The van der Waals surface area contributed by atoms with E-state index in [0.29, 0.717) is 38.0 Å². The summed E-state index contributed by atoms with van der Waals surface area (Å²) in [6.45, 7) is 7.52. The number of aromatic nitrogens is 2. The number of ether oxygens (including phenoxy) is 1. The van der Waals surface area contributed by atoms with E-state index in [9.17, 15) is 9.59 Å². The Morgan fingerprint density at radius 1 is 1.31 bits per heavy atom. The van der Waals surface area contributed by atoms with E-state index in [1.54, 1.807) is 18.7 Å². The second-order valence-electron chi connectivity index (χ2n) is 6.19. The molecule has 2 aromatic rings. The highest BCUT2D eigenvalue weighted by atomic mass is 32.1. The lowest BCUT2D eigenvalue weighted by Gasteiger charge is -2.26. The van der Waals surface area contributed by atoms with Gasteiger partial charge in [-0.3, -0.25) is 9.59 Å². The Balaban J connectivity index is 1.63. The number of nitrogens with zero attached hydrogens (tertiary/aromatic N) is 3. The van der Waals surface area contributed by atoms with Crippen LogP contribution in [-0.4, -0.2) is 53.0 Å². The van der Waals surface area contributed by atoms with Gasteiger partial charge in [-0.25, -0.2) is 9.97 Å². The molecular formula is C17H22N4O4S. The smallest absolute Gasteiger partial charge is 0.276 e. The average Bonchev–Trinajstić information content (AvgIpc) is 3.20. The summed E-state index contributed by atoms with van der Waals surface area (Å²) in [5.41, 5.74) is 1.03. The third kappa shape index (κ3) is 4.28. The van der Waals surface area contributed by atoms with Gasteiger partial charge in [-0.2, -0.15) is 0 Å². The van der Waals surface area contributed by atoms with Crippen molar-refractivity contribution in [3.63, 3.8) is 0 Å². The molecule has 0 bridgehead atoms. The SMILES string of the molecule is Cc1nc(CC(=O)N[C@H](C)c2nc(C(=O)N3CCOCC3)c(C)o2)cs1. The molecule has 0 saturated carbocycles. The van der Waals surface area contributed by atoms with E-state index in [1.807, 2.05) is 12.3 Å². The standard InChI is InChI=1S/C17H22N4O4S/c1-10(18-14(22)8-13-9-26-12(3)19-13)16-20-15(11(2)25-16)17(23)21-4-6-24-7-5-21/h9-10H,4-8H2,1-3H3,(H,18,22)/t10-/m1/s1. The fourth-order valence-corrected chi connectivity index (χ4v) is 3.34. The minimum atomic E-state index is -0.438. The largest absolute Gasteiger partial charge is 0.443 e. The number of oxazole rings is 1. The maximum atomic E-state index is 12.6. The first-order chi connectivity index (χ1) is 12.4. The molecule has 2 aromatic heterocycles. The minimum Gasteiger partial charge on any atom is -0.443 e. The van der Waals surface area contributed by atoms with E-state index in [0.717, 1.165) is 10.7 Å². The molecule has 0 spiro atoms. The van der Waals surface area contributed by atoms with Gasteiger partial charge in [0.1, 0.15) is 11.8 Å². The van der Waals surface area contributed by atoms with Crippen LogP contribution in [-0.2, 0) is 16.0 Å². The van der Waals surface area contributed by atoms with Crippen LogP contribution in [0.5, 0.6) is 0 Å². The Labute approximate surface area is 155 Å². The van der Waals surface area contributed by atoms with Gasteiger partial charge >= 0.3 is 0 Å². The van der Waals surface area contributed by atoms with Crippen molar-refractivity contribution >= 4 is 23.2 Å². The number of hydrogen-bond donors (Lipinski definition) is 1. The molecular weight excluding hydrogens is 356 g/mol. The van der Waals surface area contributed by atoms with Crippen LogP contribution in [0, 0.1) is 13.8 Å². The van der Waals surface area contributed by atoms with Gasteiger partial charge in [0, 0.05) is 18.5 Å². The number of carbonyl (C=O) groups is 2. The number of hydrogen-bond acceptors (Lipinski definition) is 7. The van der Waals surface area contributed by atoms with Crippen LogP contribution in [0.3, 0.4) is 0 Å². The first-order valence-corrected chi connectivity index (χ1v) is 9.36. The topological polar surface area (TPSA) is 97.6 Å². The summed E-state index contributed by atoms with van der Waals surface area (Å²) in [6, 6.07) is -0.438. The lowest BCUT2D eigenvalue weighted by atomic mass is 10.2. The zero-order valence-corrected chi connectivity index (χ0v) is 15.9. The zero-order valence-electron chi connectivity index (χ0n) is 15.1. The highest BCUT2D eigenvalue weighted by molar-refractivity contribution is 7.09. The van der Waals surface area contributed by atoms with Gasteiger partial charge in [-0.05, 0) is 20.8 Å². The lowest BCUT2D eigenvalue weighted by molar-refractivity contribution is -0.121. The second-order valence-corrected chi connectivity index (χ2v) is 7.25. The van der Waals surface area contributed by atoms with Gasteiger partial charge in [-0.1, -0.05) is 0 Å². The van der Waals surface area contributed by atoms with E-state index in [2.05, 4.69) is 15.3 Å². The molecule has 1 N–H and O–H groups in total. The molecule has 0 radical (unpaired) electrons. The molecule has 1 aliphatic heterocycles. The molecule has 26 heavy (non-hydrogen) atoms. The van der Waals surface area contributed by atoms with Crippen LogP contribution in [0.2, 0.25) is 0 Å². The van der Waals surface area contributed by atoms with Crippen LogP contribution in [0.25, 0.3) is 0 Å². The Bertz CT molecular complexity index is 795. The molecule has 0 aromatic carbocycles. The van der Waals surface area contributed by atoms with Crippen LogP contribution >= 0.6 is 11.3 Å². The quantitative estimate of drug-likeness (QED) is 0.849. The average molecular weight is 378 g/mol. The number of carbonyl (C=O) groups excluding carboxylic acids is 2. The molecule has 140 valence electrons. The summed E-state index contributed by atoms with van der Waals surface area (Å²) in [5, 5.41) is 5.63. The van der Waals surface area contributed by atoms with Gasteiger partial charge in [-0.15, -0.1) is 11.3 Å². The fraction of sp³-hybridized carbons (Fsp3) is 0.529. The van der Waals surface area contributed by atoms with Gasteiger partial charge in [0.15, 0.2) is 5.69 Å². The molecule has 2 amide bonds. The molecule has 9 heteroatoms. The third-order valence-corrected chi connectivity index (χ3v) is 4.89. The number of rotatable bonds is 5. The Kier molecular flexibility index (Phi) is 5.67. The van der Waals surface area contributed by atoms with Crippen molar-refractivity contribution in [2.75, 3.05) is 26.3 Å². The van der Waals surface area contributed by atoms with Crippen molar-refractivity contribution in [1.82, 2.24) is 20.2 Å². The number of amides is 2. The molecule has 1 aliphatic rings. The van der Waals surface area contributed by atoms with E-state index in [-0.39, 0.29) is 23.9 Å². The highest BCUT2D eigenvalue weighted by Gasteiger charge is 2.26. The summed E-state index contributed by atoms with van der Waals surface area (Å²) >= 11 is 1.51. The summed E-state index contributed by atoms with van der Waals surface area (Å²) in [4.78, 5) is 35.1. The van der Waals surface area contributed by atoms with Crippen molar-refractivity contribution in [1.29, 1.82) is 0 Å². The lowest BCUT2D eigenvalue weighted by Crippen LogP contribution is -2.41. The molecule has 3 heterocycles. The maximum Gasteiger partial charge on any atom is 0.276 e. The van der Waals surface area contributed by atoms with Crippen molar-refractivity contribution in [3.8, 4) is 0 Å². The number of aryl methyl sites for hydroxylation is 2. The Morgan fingerprint density at radius 3 is 2.69 bits per heavy atom. The minimum absolute atomic E-state index is 0.167. The van der Waals surface area contributed by atoms with E-state index in [4.69, 9.17) is 9.15 Å². The Hall–Kier alpha value is -2.26.